The second-order valence-corrected chi connectivity index (χ2v) is 4.09. The molecule has 0 atom stereocenters. The molecular formula is C10H13IO2. The lowest BCUT2D eigenvalue weighted by atomic mass is 10.3. The fourth-order valence-electron chi connectivity index (χ4n) is 0.966. The fourth-order valence-corrected chi connectivity index (χ4v) is 1.59. The first-order valence-electron chi connectivity index (χ1n) is 4.34. The summed E-state index contributed by atoms with van der Waals surface area (Å²) in [5.41, 5.74) is 0. The summed E-state index contributed by atoms with van der Waals surface area (Å²) in [6.45, 7) is 2.84. The normalized spacial score (nSPS) is 10.0. The molecule has 0 aliphatic heterocycles. The molecule has 3 heteroatoms. The van der Waals surface area contributed by atoms with Crippen LogP contribution < -0.4 is 4.74 Å². The smallest absolute Gasteiger partial charge is 0.124 e. The Morgan fingerprint density at radius 2 is 2.15 bits per heavy atom. The van der Waals surface area contributed by atoms with Crippen molar-refractivity contribution in [2.75, 3.05) is 6.61 Å². The third-order valence-corrected chi connectivity index (χ3v) is 2.25. The van der Waals surface area contributed by atoms with Crippen molar-refractivity contribution in [1.82, 2.24) is 0 Å². The van der Waals surface area contributed by atoms with E-state index in [2.05, 4.69) is 29.5 Å². The molecule has 1 aromatic rings. The first kappa shape index (κ1) is 10.6. The van der Waals surface area contributed by atoms with Crippen LogP contribution in [0.1, 0.15) is 19.8 Å². The molecule has 1 aromatic carbocycles. The van der Waals surface area contributed by atoms with Gasteiger partial charge in [-0.1, -0.05) is 13.3 Å². The number of ether oxygens (including phenoxy) is 1. The van der Waals surface area contributed by atoms with Crippen LogP contribution in [0.25, 0.3) is 0 Å². The lowest BCUT2D eigenvalue weighted by molar-refractivity contribution is 0.307. The number of hydrogen-bond acceptors (Lipinski definition) is 2. The van der Waals surface area contributed by atoms with Crippen LogP contribution >= 0.6 is 22.6 Å². The molecule has 0 fully saturated rings. The van der Waals surface area contributed by atoms with Crippen molar-refractivity contribution in [3.63, 3.8) is 0 Å². The maximum atomic E-state index is 9.27. The Bertz CT molecular complexity index is 253. The number of benzene rings is 1. The summed E-state index contributed by atoms with van der Waals surface area (Å²) in [6.07, 6.45) is 2.17. The van der Waals surface area contributed by atoms with Crippen LogP contribution in [0.15, 0.2) is 18.2 Å². The molecule has 2 nitrogen and oxygen atoms in total. The van der Waals surface area contributed by atoms with Gasteiger partial charge >= 0.3 is 0 Å². The van der Waals surface area contributed by atoms with Crippen molar-refractivity contribution in [2.24, 2.45) is 0 Å². The lowest BCUT2D eigenvalue weighted by Gasteiger charge is -2.05. The van der Waals surface area contributed by atoms with Gasteiger partial charge in [0.2, 0.25) is 0 Å². The van der Waals surface area contributed by atoms with Gasteiger partial charge < -0.3 is 9.84 Å². The summed E-state index contributed by atoms with van der Waals surface area (Å²) < 4.78 is 6.43. The number of phenolic OH excluding ortho intramolecular Hbond substituents is 1. The predicted molar refractivity (Wildman–Crippen MR) is 61.2 cm³/mol. The monoisotopic (exact) mass is 292 g/mol. The molecule has 0 saturated heterocycles. The summed E-state index contributed by atoms with van der Waals surface area (Å²) in [5, 5.41) is 9.27. The molecule has 0 heterocycles. The average molecular weight is 292 g/mol. The maximum absolute atomic E-state index is 9.27. The molecule has 1 rings (SSSR count). The number of unbranched alkanes of at least 4 members (excludes halogenated alkanes) is 1. The minimum absolute atomic E-state index is 0.262. The van der Waals surface area contributed by atoms with Crippen LogP contribution in [0.4, 0.5) is 0 Å². The number of aromatic hydroxyl groups is 1. The highest BCUT2D eigenvalue weighted by molar-refractivity contribution is 14.1. The van der Waals surface area contributed by atoms with Crippen molar-refractivity contribution in [3.05, 3.63) is 21.8 Å². The van der Waals surface area contributed by atoms with Gasteiger partial charge in [-0.25, -0.2) is 0 Å². The largest absolute Gasteiger partial charge is 0.508 e. The topological polar surface area (TPSA) is 29.5 Å². The van der Waals surface area contributed by atoms with E-state index in [9.17, 15) is 5.11 Å². The van der Waals surface area contributed by atoms with Gasteiger partial charge in [0.05, 0.1) is 6.61 Å². The van der Waals surface area contributed by atoms with E-state index >= 15 is 0 Å². The van der Waals surface area contributed by atoms with Gasteiger partial charge in [0.1, 0.15) is 11.5 Å². The molecule has 0 unspecified atom stereocenters. The van der Waals surface area contributed by atoms with Crippen LogP contribution in [-0.2, 0) is 0 Å². The third kappa shape index (κ3) is 3.85. The highest BCUT2D eigenvalue weighted by atomic mass is 127. The van der Waals surface area contributed by atoms with E-state index in [1.54, 1.807) is 12.1 Å². The van der Waals surface area contributed by atoms with Gasteiger partial charge in [0.25, 0.3) is 0 Å². The van der Waals surface area contributed by atoms with E-state index in [1.807, 2.05) is 6.07 Å². The van der Waals surface area contributed by atoms with Gasteiger partial charge in [-0.2, -0.15) is 0 Å². The van der Waals surface area contributed by atoms with E-state index in [1.165, 1.54) is 0 Å². The summed E-state index contributed by atoms with van der Waals surface area (Å²) in [5.74, 6) is 1.01. The Morgan fingerprint density at radius 3 is 2.77 bits per heavy atom. The van der Waals surface area contributed by atoms with Gasteiger partial charge in [-0.15, -0.1) is 0 Å². The van der Waals surface area contributed by atoms with Gasteiger partial charge in [-0.3, -0.25) is 0 Å². The first-order valence-corrected chi connectivity index (χ1v) is 5.42. The number of hydrogen-bond donors (Lipinski definition) is 1. The fraction of sp³-hybridized carbons (Fsp3) is 0.400. The summed E-state index contributed by atoms with van der Waals surface area (Å²) >= 11 is 2.15. The zero-order valence-corrected chi connectivity index (χ0v) is 9.74. The highest BCUT2D eigenvalue weighted by Gasteiger charge is 1.98. The third-order valence-electron chi connectivity index (χ3n) is 1.62. The lowest BCUT2D eigenvalue weighted by Crippen LogP contribution is -1.96. The molecule has 0 aliphatic rings. The van der Waals surface area contributed by atoms with Crippen LogP contribution in [0.5, 0.6) is 11.5 Å². The Balaban J connectivity index is 2.56. The molecule has 0 bridgehead atoms. The van der Waals surface area contributed by atoms with Crippen molar-refractivity contribution >= 4 is 22.6 Å². The predicted octanol–water partition coefficient (Wildman–Crippen LogP) is 3.18. The van der Waals surface area contributed by atoms with E-state index < -0.39 is 0 Å². The molecule has 0 spiro atoms. The minimum Gasteiger partial charge on any atom is -0.508 e. The second-order valence-electron chi connectivity index (χ2n) is 2.85. The molecule has 13 heavy (non-hydrogen) atoms. The Morgan fingerprint density at radius 1 is 1.38 bits per heavy atom. The quantitative estimate of drug-likeness (QED) is 0.682. The van der Waals surface area contributed by atoms with Gasteiger partial charge in [0.15, 0.2) is 0 Å². The van der Waals surface area contributed by atoms with E-state index in [-0.39, 0.29) is 5.75 Å². The SMILES string of the molecule is CCCCOc1cc(O)cc(I)c1. The van der Waals surface area contributed by atoms with Crippen LogP contribution in [0, 0.1) is 3.57 Å². The highest BCUT2D eigenvalue weighted by Crippen LogP contribution is 2.22. The number of phenols is 1. The standard InChI is InChI=1S/C10H13IO2/c1-2-3-4-13-10-6-8(11)5-9(12)7-10/h5-7,12H,2-4H2,1H3. The molecule has 0 amide bonds. The molecule has 0 saturated carbocycles. The van der Waals surface area contributed by atoms with Crippen molar-refractivity contribution in [2.45, 2.75) is 19.8 Å². The molecule has 72 valence electrons. The van der Waals surface area contributed by atoms with E-state index in [0.717, 1.165) is 28.8 Å². The Labute approximate surface area is 92.1 Å². The first-order chi connectivity index (χ1) is 6.22. The van der Waals surface area contributed by atoms with Gasteiger partial charge in [-0.05, 0) is 41.1 Å². The Hall–Kier alpha value is -0.450. The molecule has 0 aromatic heterocycles. The zero-order valence-electron chi connectivity index (χ0n) is 7.59. The minimum atomic E-state index is 0.262. The molecule has 1 N–H and O–H groups in total. The number of rotatable bonds is 4. The molecule has 0 aliphatic carbocycles. The van der Waals surface area contributed by atoms with Crippen molar-refractivity contribution in [1.29, 1.82) is 0 Å². The maximum Gasteiger partial charge on any atom is 0.124 e. The van der Waals surface area contributed by atoms with Crippen molar-refractivity contribution in [3.8, 4) is 11.5 Å². The summed E-state index contributed by atoms with van der Waals surface area (Å²) in [6, 6.07) is 5.25. The molecule has 0 radical (unpaired) electrons. The van der Waals surface area contributed by atoms with Crippen molar-refractivity contribution < 1.29 is 9.84 Å². The van der Waals surface area contributed by atoms with Crippen LogP contribution in [0.3, 0.4) is 0 Å². The van der Waals surface area contributed by atoms with Gasteiger partial charge in [0, 0.05) is 9.64 Å². The zero-order chi connectivity index (χ0) is 9.68. The number of halogens is 1. The summed E-state index contributed by atoms with van der Waals surface area (Å²) in [7, 11) is 0. The molecular weight excluding hydrogens is 279 g/mol. The van der Waals surface area contributed by atoms with Crippen LogP contribution in [-0.4, -0.2) is 11.7 Å². The van der Waals surface area contributed by atoms with Crippen LogP contribution in [0.2, 0.25) is 0 Å². The summed E-state index contributed by atoms with van der Waals surface area (Å²) in [4.78, 5) is 0. The second kappa shape index (κ2) is 5.32. The van der Waals surface area contributed by atoms with E-state index in [4.69, 9.17) is 4.74 Å². The average Bonchev–Trinajstić information content (AvgIpc) is 2.03. The van der Waals surface area contributed by atoms with E-state index in [0.29, 0.717) is 0 Å². The Kier molecular flexibility index (Phi) is 4.35.